The maximum Gasteiger partial charge on any atom is 0.251 e. The molecular formula is C20H23N5O2S. The predicted molar refractivity (Wildman–Crippen MR) is 110 cm³/mol. The first kappa shape index (κ1) is 19.9. The number of nitrogens with zero attached hydrogens (tertiary/aromatic N) is 3. The molecule has 0 radical (unpaired) electrons. The summed E-state index contributed by atoms with van der Waals surface area (Å²) in [6.45, 7) is 0.422. The highest BCUT2D eigenvalue weighted by atomic mass is 32.2. The van der Waals surface area contributed by atoms with Crippen LogP contribution in [0.3, 0.4) is 0 Å². The van der Waals surface area contributed by atoms with E-state index in [2.05, 4.69) is 20.8 Å². The number of hydrogen-bond donors (Lipinski definition) is 2. The summed E-state index contributed by atoms with van der Waals surface area (Å²) in [6.07, 6.45) is 5.00. The molecule has 0 aliphatic heterocycles. The Bertz CT molecular complexity index is 929. The molecule has 0 fully saturated rings. The minimum Gasteiger partial charge on any atom is -0.354 e. The van der Waals surface area contributed by atoms with Crippen molar-refractivity contribution in [1.29, 1.82) is 0 Å². The van der Waals surface area contributed by atoms with Gasteiger partial charge < -0.3 is 10.6 Å². The number of carbonyl (C=O) groups excluding carboxylic acids is 2. The molecule has 3 rings (SSSR count). The zero-order valence-electron chi connectivity index (χ0n) is 15.7. The maximum absolute atomic E-state index is 12.6. The molecule has 7 nitrogen and oxygen atoms in total. The van der Waals surface area contributed by atoms with Gasteiger partial charge in [-0.1, -0.05) is 24.3 Å². The summed E-state index contributed by atoms with van der Waals surface area (Å²) in [5, 5.41) is 14.0. The van der Waals surface area contributed by atoms with Crippen molar-refractivity contribution in [3.63, 3.8) is 0 Å². The van der Waals surface area contributed by atoms with Crippen molar-refractivity contribution in [2.24, 2.45) is 0 Å². The van der Waals surface area contributed by atoms with Gasteiger partial charge in [-0.15, -0.1) is 10.2 Å². The number of rotatable bonds is 9. The van der Waals surface area contributed by atoms with Crippen molar-refractivity contribution >= 4 is 29.2 Å². The number of amides is 2. The highest BCUT2D eigenvalue weighted by molar-refractivity contribution is 7.98. The number of carbonyl (C=O) groups is 2. The summed E-state index contributed by atoms with van der Waals surface area (Å²) in [4.78, 5) is 25.0. The Kier molecular flexibility index (Phi) is 7.02. The van der Waals surface area contributed by atoms with Crippen molar-refractivity contribution in [3.8, 4) is 0 Å². The zero-order chi connectivity index (χ0) is 19.8. The number of fused-ring (bicyclic) bond motifs is 1. The lowest BCUT2D eigenvalue weighted by molar-refractivity contribution is -0.122. The minimum absolute atomic E-state index is 0.188. The summed E-state index contributed by atoms with van der Waals surface area (Å²) in [7, 11) is 0. The molecule has 0 bridgehead atoms. The molecule has 146 valence electrons. The fourth-order valence-electron chi connectivity index (χ4n) is 2.82. The standard InChI is InChI=1S/C20H23N5O2S/c1-28-14-11-16(22-19(26)15-7-3-2-4-8-15)20(27)21-12-10-18-24-23-17-9-5-6-13-25(17)18/h2-9,13,16H,10-12,14H2,1H3,(H,21,27)(H,22,26). The Morgan fingerprint density at radius 1 is 1.11 bits per heavy atom. The fourth-order valence-corrected chi connectivity index (χ4v) is 3.29. The largest absolute Gasteiger partial charge is 0.354 e. The number of pyridine rings is 1. The maximum atomic E-state index is 12.6. The van der Waals surface area contributed by atoms with Crippen LogP contribution in [0.1, 0.15) is 22.6 Å². The van der Waals surface area contributed by atoms with Crippen LogP contribution in [0.4, 0.5) is 0 Å². The molecule has 8 heteroatoms. The van der Waals surface area contributed by atoms with Crippen molar-refractivity contribution in [3.05, 3.63) is 66.1 Å². The average Bonchev–Trinajstić information content (AvgIpc) is 3.14. The van der Waals surface area contributed by atoms with Gasteiger partial charge in [-0.05, 0) is 42.7 Å². The van der Waals surface area contributed by atoms with Crippen LogP contribution in [-0.2, 0) is 11.2 Å². The summed E-state index contributed by atoms with van der Waals surface area (Å²) >= 11 is 1.64. The molecule has 0 aliphatic carbocycles. The van der Waals surface area contributed by atoms with E-state index >= 15 is 0 Å². The molecule has 0 spiro atoms. The molecular weight excluding hydrogens is 374 g/mol. The molecule has 1 unspecified atom stereocenters. The van der Waals surface area contributed by atoms with Crippen molar-refractivity contribution in [2.75, 3.05) is 18.6 Å². The van der Waals surface area contributed by atoms with Crippen LogP contribution in [-0.4, -0.2) is 51.0 Å². The average molecular weight is 398 g/mol. The van der Waals surface area contributed by atoms with E-state index in [1.807, 2.05) is 41.1 Å². The first-order chi connectivity index (χ1) is 13.7. The van der Waals surface area contributed by atoms with Crippen LogP contribution in [0.5, 0.6) is 0 Å². The summed E-state index contributed by atoms with van der Waals surface area (Å²) < 4.78 is 1.90. The van der Waals surface area contributed by atoms with E-state index in [9.17, 15) is 9.59 Å². The monoisotopic (exact) mass is 397 g/mol. The molecule has 0 saturated heterocycles. The van der Waals surface area contributed by atoms with E-state index < -0.39 is 6.04 Å². The Morgan fingerprint density at radius 3 is 2.68 bits per heavy atom. The SMILES string of the molecule is CSCCC(NC(=O)c1ccccc1)C(=O)NCCc1nnc2ccccn12. The first-order valence-electron chi connectivity index (χ1n) is 9.10. The number of nitrogens with one attached hydrogen (secondary N) is 2. The van der Waals surface area contributed by atoms with E-state index in [4.69, 9.17) is 0 Å². The van der Waals surface area contributed by atoms with Gasteiger partial charge in [0, 0.05) is 24.7 Å². The second-order valence-corrected chi connectivity index (χ2v) is 7.25. The number of aromatic nitrogens is 3. The van der Waals surface area contributed by atoms with Crippen LogP contribution < -0.4 is 10.6 Å². The molecule has 3 aromatic rings. The molecule has 28 heavy (non-hydrogen) atoms. The van der Waals surface area contributed by atoms with E-state index in [-0.39, 0.29) is 11.8 Å². The van der Waals surface area contributed by atoms with Gasteiger partial charge in [0.25, 0.3) is 5.91 Å². The Hall–Kier alpha value is -2.87. The molecule has 2 heterocycles. The number of benzene rings is 1. The van der Waals surface area contributed by atoms with E-state index in [1.54, 1.807) is 36.0 Å². The Morgan fingerprint density at radius 2 is 1.89 bits per heavy atom. The Balaban J connectivity index is 1.57. The summed E-state index contributed by atoms with van der Waals surface area (Å²) in [5.74, 6) is 1.13. The lowest BCUT2D eigenvalue weighted by atomic mass is 10.1. The van der Waals surface area contributed by atoms with Crippen molar-refractivity contribution in [1.82, 2.24) is 25.2 Å². The zero-order valence-corrected chi connectivity index (χ0v) is 16.5. The first-order valence-corrected chi connectivity index (χ1v) is 10.5. The molecule has 2 amide bonds. The summed E-state index contributed by atoms with van der Waals surface area (Å²) in [6, 6.07) is 14.0. The third-order valence-electron chi connectivity index (χ3n) is 4.30. The van der Waals surface area contributed by atoms with Gasteiger partial charge in [0.2, 0.25) is 5.91 Å². The van der Waals surface area contributed by atoms with Crippen LogP contribution >= 0.6 is 11.8 Å². The van der Waals surface area contributed by atoms with E-state index in [1.165, 1.54) is 0 Å². The molecule has 1 aromatic carbocycles. The lowest BCUT2D eigenvalue weighted by Gasteiger charge is -2.18. The molecule has 0 aliphatic rings. The predicted octanol–water partition coefficient (Wildman–Crippen LogP) is 1.94. The fraction of sp³-hybridized carbons (Fsp3) is 0.300. The summed E-state index contributed by atoms with van der Waals surface area (Å²) in [5.41, 5.74) is 1.32. The molecule has 1 atom stereocenters. The van der Waals surface area contributed by atoms with Gasteiger partial charge in [0.1, 0.15) is 11.9 Å². The van der Waals surface area contributed by atoms with E-state index in [0.29, 0.717) is 24.9 Å². The topological polar surface area (TPSA) is 88.4 Å². The van der Waals surface area contributed by atoms with Gasteiger partial charge in [-0.3, -0.25) is 14.0 Å². The number of hydrogen-bond acceptors (Lipinski definition) is 5. The minimum atomic E-state index is -0.574. The van der Waals surface area contributed by atoms with Crippen LogP contribution in [0, 0.1) is 0 Å². The Labute approximate surface area is 167 Å². The van der Waals surface area contributed by atoms with E-state index in [0.717, 1.165) is 17.2 Å². The van der Waals surface area contributed by atoms with Gasteiger partial charge in [0.15, 0.2) is 5.65 Å². The molecule has 2 N–H and O–H groups in total. The van der Waals surface area contributed by atoms with Crippen LogP contribution in [0.15, 0.2) is 54.7 Å². The third kappa shape index (κ3) is 5.10. The van der Waals surface area contributed by atoms with Gasteiger partial charge in [-0.2, -0.15) is 11.8 Å². The quantitative estimate of drug-likeness (QED) is 0.576. The van der Waals surface area contributed by atoms with Crippen molar-refractivity contribution in [2.45, 2.75) is 18.9 Å². The van der Waals surface area contributed by atoms with Crippen LogP contribution in [0.25, 0.3) is 5.65 Å². The second-order valence-electron chi connectivity index (χ2n) is 6.26. The highest BCUT2D eigenvalue weighted by Gasteiger charge is 2.21. The smallest absolute Gasteiger partial charge is 0.251 e. The highest BCUT2D eigenvalue weighted by Crippen LogP contribution is 2.05. The van der Waals surface area contributed by atoms with Gasteiger partial charge >= 0.3 is 0 Å². The molecule has 0 saturated carbocycles. The second kappa shape index (κ2) is 9.89. The van der Waals surface area contributed by atoms with Gasteiger partial charge in [0.05, 0.1) is 0 Å². The van der Waals surface area contributed by atoms with Crippen LogP contribution in [0.2, 0.25) is 0 Å². The normalized spacial score (nSPS) is 11.9. The number of thioether (sulfide) groups is 1. The van der Waals surface area contributed by atoms with Crippen molar-refractivity contribution < 1.29 is 9.59 Å². The lowest BCUT2D eigenvalue weighted by Crippen LogP contribution is -2.47. The molecule has 2 aromatic heterocycles. The van der Waals surface area contributed by atoms with Gasteiger partial charge in [-0.25, -0.2) is 0 Å². The third-order valence-corrected chi connectivity index (χ3v) is 4.94.